The molecule has 2 N–H and O–H groups in total. The fourth-order valence-corrected chi connectivity index (χ4v) is 2.20. The maximum atomic E-state index is 13.0. The van der Waals surface area contributed by atoms with E-state index in [-0.39, 0.29) is 5.82 Å². The molecule has 0 radical (unpaired) electrons. The maximum absolute atomic E-state index is 13.0. The SMILES string of the molecule is OC(CCc1cocc1-c1ccc(F)cc1)c1nc[nH]n1. The highest BCUT2D eigenvalue weighted by atomic mass is 19.1. The summed E-state index contributed by atoms with van der Waals surface area (Å²) in [7, 11) is 0. The Labute approximate surface area is 120 Å². The van der Waals surface area contributed by atoms with Crippen molar-refractivity contribution in [2.45, 2.75) is 18.9 Å². The van der Waals surface area contributed by atoms with Gasteiger partial charge in [0.25, 0.3) is 0 Å². The maximum Gasteiger partial charge on any atom is 0.178 e. The van der Waals surface area contributed by atoms with E-state index in [2.05, 4.69) is 15.2 Å². The molecule has 0 aliphatic rings. The number of nitrogens with zero attached hydrogens (tertiary/aromatic N) is 2. The predicted octanol–water partition coefficient (Wildman–Crippen LogP) is 2.87. The molecule has 5 nitrogen and oxygen atoms in total. The molecule has 0 saturated carbocycles. The van der Waals surface area contributed by atoms with E-state index in [4.69, 9.17) is 4.42 Å². The molecule has 6 heteroatoms. The smallest absolute Gasteiger partial charge is 0.178 e. The zero-order chi connectivity index (χ0) is 14.7. The molecular formula is C15H14FN3O2. The molecule has 1 unspecified atom stereocenters. The average molecular weight is 287 g/mol. The first-order valence-electron chi connectivity index (χ1n) is 6.59. The number of halogens is 1. The third kappa shape index (κ3) is 3.00. The van der Waals surface area contributed by atoms with Gasteiger partial charge in [-0.25, -0.2) is 9.37 Å². The molecule has 3 aromatic rings. The Kier molecular flexibility index (Phi) is 3.79. The van der Waals surface area contributed by atoms with Crippen molar-refractivity contribution in [1.29, 1.82) is 0 Å². The van der Waals surface area contributed by atoms with Gasteiger partial charge in [0, 0.05) is 5.56 Å². The standard InChI is InChI=1S/C15H14FN3O2/c16-12-4-1-10(2-5-12)13-8-21-7-11(13)3-6-14(20)15-17-9-18-19-15/h1-2,4-5,7-9,14,20H,3,6H2,(H,17,18,19). The van der Waals surface area contributed by atoms with Crippen LogP contribution in [0.1, 0.15) is 23.9 Å². The van der Waals surface area contributed by atoms with E-state index in [0.717, 1.165) is 16.7 Å². The summed E-state index contributed by atoms with van der Waals surface area (Å²) in [5.41, 5.74) is 2.74. The minimum atomic E-state index is -0.729. The van der Waals surface area contributed by atoms with Crippen molar-refractivity contribution < 1.29 is 13.9 Å². The van der Waals surface area contributed by atoms with Crippen molar-refractivity contribution in [3.8, 4) is 11.1 Å². The molecule has 108 valence electrons. The van der Waals surface area contributed by atoms with Gasteiger partial charge in [-0.05, 0) is 36.1 Å². The minimum Gasteiger partial charge on any atom is -0.472 e. The molecule has 1 aromatic carbocycles. The highest BCUT2D eigenvalue weighted by Gasteiger charge is 2.14. The number of H-pyrrole nitrogens is 1. The normalized spacial score (nSPS) is 12.5. The lowest BCUT2D eigenvalue weighted by Crippen LogP contribution is -2.02. The molecule has 3 rings (SSSR count). The van der Waals surface area contributed by atoms with Gasteiger partial charge >= 0.3 is 0 Å². The number of nitrogens with one attached hydrogen (secondary N) is 1. The fourth-order valence-electron chi connectivity index (χ4n) is 2.20. The molecule has 0 aliphatic heterocycles. The summed E-state index contributed by atoms with van der Waals surface area (Å²) < 4.78 is 18.2. The van der Waals surface area contributed by atoms with Crippen LogP contribution in [0.5, 0.6) is 0 Å². The number of hydrogen-bond donors (Lipinski definition) is 2. The molecule has 0 saturated heterocycles. The molecule has 0 aliphatic carbocycles. The van der Waals surface area contributed by atoms with Crippen LogP contribution in [0.2, 0.25) is 0 Å². The Bertz CT molecular complexity index is 692. The van der Waals surface area contributed by atoms with Crippen LogP contribution >= 0.6 is 0 Å². The molecule has 1 atom stereocenters. The van der Waals surface area contributed by atoms with Gasteiger partial charge in [0.05, 0.1) is 12.5 Å². The van der Waals surface area contributed by atoms with Gasteiger partial charge in [-0.3, -0.25) is 5.10 Å². The van der Waals surface area contributed by atoms with Crippen molar-refractivity contribution >= 4 is 0 Å². The summed E-state index contributed by atoms with van der Waals surface area (Å²) in [6.45, 7) is 0. The van der Waals surface area contributed by atoms with Crippen molar-refractivity contribution in [3.05, 3.63) is 60.3 Å². The molecule has 0 bridgehead atoms. The Morgan fingerprint density at radius 2 is 2.05 bits per heavy atom. The molecule has 0 fully saturated rings. The molecular weight excluding hydrogens is 273 g/mol. The van der Waals surface area contributed by atoms with Crippen molar-refractivity contribution in [3.63, 3.8) is 0 Å². The number of aliphatic hydroxyl groups is 1. The third-order valence-electron chi connectivity index (χ3n) is 3.32. The molecule has 0 spiro atoms. The van der Waals surface area contributed by atoms with Gasteiger partial charge in [0.2, 0.25) is 0 Å². The monoisotopic (exact) mass is 287 g/mol. The summed E-state index contributed by atoms with van der Waals surface area (Å²) in [6, 6.07) is 6.23. The van der Waals surface area contributed by atoms with Crippen LogP contribution < -0.4 is 0 Å². The zero-order valence-electron chi connectivity index (χ0n) is 11.2. The molecule has 2 heterocycles. The lowest BCUT2D eigenvalue weighted by Gasteiger charge is -2.07. The van der Waals surface area contributed by atoms with Gasteiger partial charge < -0.3 is 9.52 Å². The quantitative estimate of drug-likeness (QED) is 0.756. The number of rotatable bonds is 5. The van der Waals surface area contributed by atoms with Crippen LogP contribution in [-0.4, -0.2) is 20.3 Å². The van der Waals surface area contributed by atoms with E-state index < -0.39 is 6.10 Å². The fraction of sp³-hybridized carbons (Fsp3) is 0.200. The summed E-state index contributed by atoms with van der Waals surface area (Å²) >= 11 is 0. The Morgan fingerprint density at radius 3 is 2.76 bits per heavy atom. The Morgan fingerprint density at radius 1 is 1.24 bits per heavy atom. The first-order valence-corrected chi connectivity index (χ1v) is 6.59. The number of hydrogen-bond acceptors (Lipinski definition) is 4. The van der Waals surface area contributed by atoms with Crippen LogP contribution in [0.3, 0.4) is 0 Å². The van der Waals surface area contributed by atoms with E-state index in [0.29, 0.717) is 18.7 Å². The Balaban J connectivity index is 1.72. The number of aromatic nitrogens is 3. The van der Waals surface area contributed by atoms with E-state index >= 15 is 0 Å². The van der Waals surface area contributed by atoms with Gasteiger partial charge in [0.15, 0.2) is 5.82 Å². The van der Waals surface area contributed by atoms with Gasteiger partial charge in [-0.1, -0.05) is 12.1 Å². The molecule has 21 heavy (non-hydrogen) atoms. The second kappa shape index (κ2) is 5.88. The zero-order valence-corrected chi connectivity index (χ0v) is 11.2. The third-order valence-corrected chi connectivity index (χ3v) is 3.32. The van der Waals surface area contributed by atoms with Crippen LogP contribution in [0.15, 0.2) is 47.5 Å². The van der Waals surface area contributed by atoms with Crippen molar-refractivity contribution in [1.82, 2.24) is 15.2 Å². The summed E-state index contributed by atoms with van der Waals surface area (Å²) in [6.07, 6.45) is 5.06. The lowest BCUT2D eigenvalue weighted by molar-refractivity contribution is 0.158. The first-order chi connectivity index (χ1) is 10.2. The van der Waals surface area contributed by atoms with Gasteiger partial charge in [0.1, 0.15) is 18.2 Å². The highest BCUT2D eigenvalue weighted by molar-refractivity contribution is 5.65. The predicted molar refractivity (Wildman–Crippen MR) is 73.8 cm³/mol. The summed E-state index contributed by atoms with van der Waals surface area (Å²) in [5, 5.41) is 16.4. The average Bonchev–Trinajstić information content (AvgIpc) is 3.17. The van der Waals surface area contributed by atoms with Crippen molar-refractivity contribution in [2.24, 2.45) is 0 Å². The second-order valence-electron chi connectivity index (χ2n) is 4.73. The highest BCUT2D eigenvalue weighted by Crippen LogP contribution is 2.27. The summed E-state index contributed by atoms with van der Waals surface area (Å²) in [4.78, 5) is 3.92. The topological polar surface area (TPSA) is 74.9 Å². The van der Waals surface area contributed by atoms with E-state index in [1.165, 1.54) is 18.5 Å². The summed E-state index contributed by atoms with van der Waals surface area (Å²) in [5.74, 6) is 0.102. The van der Waals surface area contributed by atoms with Crippen LogP contribution in [0.4, 0.5) is 4.39 Å². The molecule has 2 aromatic heterocycles. The van der Waals surface area contributed by atoms with Crippen LogP contribution in [0.25, 0.3) is 11.1 Å². The van der Waals surface area contributed by atoms with E-state index in [9.17, 15) is 9.50 Å². The number of aromatic amines is 1. The van der Waals surface area contributed by atoms with Gasteiger partial charge in [-0.2, -0.15) is 5.10 Å². The molecule has 0 amide bonds. The lowest BCUT2D eigenvalue weighted by atomic mass is 10.00. The van der Waals surface area contributed by atoms with Gasteiger partial charge in [-0.15, -0.1) is 0 Å². The van der Waals surface area contributed by atoms with Crippen LogP contribution in [0, 0.1) is 5.82 Å². The minimum absolute atomic E-state index is 0.274. The number of benzene rings is 1. The van der Waals surface area contributed by atoms with Crippen LogP contribution in [-0.2, 0) is 6.42 Å². The number of furan rings is 1. The van der Waals surface area contributed by atoms with Crippen molar-refractivity contribution in [2.75, 3.05) is 0 Å². The number of aliphatic hydroxyl groups excluding tert-OH is 1. The Hall–Kier alpha value is -2.47. The second-order valence-corrected chi connectivity index (χ2v) is 4.73. The number of aryl methyl sites for hydroxylation is 1. The largest absolute Gasteiger partial charge is 0.472 e. The van der Waals surface area contributed by atoms with E-state index in [1.807, 2.05) is 0 Å². The van der Waals surface area contributed by atoms with E-state index in [1.54, 1.807) is 24.7 Å². The first kappa shape index (κ1) is 13.5.